The van der Waals surface area contributed by atoms with E-state index in [9.17, 15) is 9.59 Å². The number of rotatable bonds is 5. The van der Waals surface area contributed by atoms with Crippen molar-refractivity contribution in [2.24, 2.45) is 0 Å². The molecule has 132 valence electrons. The molecule has 0 bridgehead atoms. The smallest absolute Gasteiger partial charge is 0.251 e. The second kappa shape index (κ2) is 6.90. The number of likely N-dealkylation sites (tertiary alicyclic amines) is 1. The molecule has 2 aromatic rings. The predicted octanol–water partition coefficient (Wildman–Crippen LogP) is 2.79. The van der Waals surface area contributed by atoms with Crippen LogP contribution >= 0.6 is 0 Å². The number of carbonyl (C=O) groups is 2. The number of aromatic nitrogens is 1. The van der Waals surface area contributed by atoms with Crippen molar-refractivity contribution in [3.63, 3.8) is 0 Å². The molecule has 1 saturated heterocycles. The maximum atomic E-state index is 12.4. The third-order valence-corrected chi connectivity index (χ3v) is 5.42. The summed E-state index contributed by atoms with van der Waals surface area (Å²) in [6.45, 7) is 2.21. The topological polar surface area (TPSA) is 65.2 Å². The third-order valence-electron chi connectivity index (χ3n) is 5.42. The Bertz CT molecular complexity index is 809. The van der Waals surface area contributed by atoms with Crippen molar-refractivity contribution in [1.29, 1.82) is 0 Å². The molecule has 0 unspecified atom stereocenters. The Kier molecular flexibility index (Phi) is 4.47. The van der Waals surface area contributed by atoms with E-state index < -0.39 is 0 Å². The largest absolute Gasteiger partial charge is 0.358 e. The molecule has 2 heterocycles. The number of hydrogen-bond acceptors (Lipinski definition) is 2. The van der Waals surface area contributed by atoms with E-state index in [0.29, 0.717) is 13.0 Å². The number of H-pyrrole nitrogens is 1. The molecule has 2 N–H and O–H groups in total. The number of nitrogens with zero attached hydrogens (tertiary/aromatic N) is 1. The first-order valence-corrected chi connectivity index (χ1v) is 9.42. The van der Waals surface area contributed by atoms with E-state index >= 15 is 0 Å². The second-order valence-corrected chi connectivity index (χ2v) is 7.14. The van der Waals surface area contributed by atoms with Crippen LogP contribution in [0.2, 0.25) is 0 Å². The first-order valence-electron chi connectivity index (χ1n) is 9.42. The summed E-state index contributed by atoms with van der Waals surface area (Å²) in [5, 5.41) is 4.19. The Morgan fingerprint density at radius 2 is 2.04 bits per heavy atom. The lowest BCUT2D eigenvalue weighted by Crippen LogP contribution is -2.30. The lowest BCUT2D eigenvalue weighted by atomic mass is 9.95. The van der Waals surface area contributed by atoms with Crippen molar-refractivity contribution >= 4 is 22.7 Å². The number of aromatic amines is 1. The fourth-order valence-corrected chi connectivity index (χ4v) is 4.06. The Morgan fingerprint density at radius 1 is 1.16 bits per heavy atom. The number of carbonyl (C=O) groups excluding carboxylic acids is 2. The number of hydrogen-bond donors (Lipinski definition) is 2. The highest BCUT2D eigenvalue weighted by Crippen LogP contribution is 2.29. The van der Waals surface area contributed by atoms with Crippen LogP contribution in [0.5, 0.6) is 0 Å². The zero-order valence-corrected chi connectivity index (χ0v) is 14.6. The highest BCUT2D eigenvalue weighted by atomic mass is 16.2. The number of benzene rings is 1. The zero-order chi connectivity index (χ0) is 17.2. The van der Waals surface area contributed by atoms with Gasteiger partial charge in [0.1, 0.15) is 0 Å². The van der Waals surface area contributed by atoms with Gasteiger partial charge in [0.2, 0.25) is 5.91 Å². The third kappa shape index (κ3) is 3.28. The van der Waals surface area contributed by atoms with Crippen molar-refractivity contribution in [3.05, 3.63) is 35.0 Å². The molecule has 1 aromatic heterocycles. The fourth-order valence-electron chi connectivity index (χ4n) is 4.06. The molecule has 5 heteroatoms. The molecule has 5 nitrogen and oxygen atoms in total. The van der Waals surface area contributed by atoms with E-state index in [1.807, 2.05) is 23.1 Å². The Labute approximate surface area is 147 Å². The van der Waals surface area contributed by atoms with E-state index in [4.69, 9.17) is 0 Å². The number of aryl methyl sites for hydroxylation is 2. The molecule has 2 aliphatic rings. The van der Waals surface area contributed by atoms with Gasteiger partial charge in [0.25, 0.3) is 5.91 Å². The van der Waals surface area contributed by atoms with Crippen molar-refractivity contribution < 1.29 is 9.59 Å². The van der Waals surface area contributed by atoms with Gasteiger partial charge in [0, 0.05) is 48.2 Å². The van der Waals surface area contributed by atoms with Crippen LogP contribution in [0.25, 0.3) is 10.9 Å². The van der Waals surface area contributed by atoms with E-state index in [1.165, 1.54) is 29.5 Å². The summed E-state index contributed by atoms with van der Waals surface area (Å²) in [6.07, 6.45) is 7.13. The monoisotopic (exact) mass is 339 g/mol. The van der Waals surface area contributed by atoms with Gasteiger partial charge in [-0.3, -0.25) is 9.59 Å². The highest BCUT2D eigenvalue weighted by molar-refractivity contribution is 5.99. The number of fused-ring (bicyclic) bond motifs is 3. The average molecular weight is 339 g/mol. The van der Waals surface area contributed by atoms with Crippen LogP contribution < -0.4 is 5.32 Å². The molecule has 0 saturated carbocycles. The number of nitrogens with one attached hydrogen (secondary N) is 2. The summed E-state index contributed by atoms with van der Waals surface area (Å²) in [4.78, 5) is 29.4. The maximum Gasteiger partial charge on any atom is 0.251 e. The van der Waals surface area contributed by atoms with Crippen LogP contribution in [0.15, 0.2) is 18.2 Å². The van der Waals surface area contributed by atoms with Crippen molar-refractivity contribution in [3.8, 4) is 0 Å². The van der Waals surface area contributed by atoms with E-state index in [-0.39, 0.29) is 11.8 Å². The van der Waals surface area contributed by atoms with Crippen molar-refractivity contribution in [2.75, 3.05) is 19.6 Å². The summed E-state index contributed by atoms with van der Waals surface area (Å²) >= 11 is 0. The van der Waals surface area contributed by atoms with Crippen LogP contribution in [-0.4, -0.2) is 41.3 Å². The van der Waals surface area contributed by atoms with Crippen LogP contribution in [0, 0.1) is 0 Å². The Morgan fingerprint density at radius 3 is 2.88 bits per heavy atom. The minimum atomic E-state index is -0.0274. The van der Waals surface area contributed by atoms with Crippen LogP contribution in [0.3, 0.4) is 0 Å². The molecule has 0 spiro atoms. The Balaban J connectivity index is 1.37. The molecular formula is C20H25N3O2. The van der Waals surface area contributed by atoms with Gasteiger partial charge in [-0.25, -0.2) is 0 Å². The van der Waals surface area contributed by atoms with Gasteiger partial charge < -0.3 is 15.2 Å². The van der Waals surface area contributed by atoms with Gasteiger partial charge in [0.05, 0.1) is 0 Å². The molecule has 1 aliphatic carbocycles. The van der Waals surface area contributed by atoms with E-state index in [2.05, 4.69) is 10.3 Å². The summed E-state index contributed by atoms with van der Waals surface area (Å²) in [6, 6.07) is 5.93. The molecular weight excluding hydrogens is 314 g/mol. The lowest BCUT2D eigenvalue weighted by Gasteiger charge is -2.15. The maximum absolute atomic E-state index is 12.4. The van der Waals surface area contributed by atoms with E-state index in [1.54, 1.807) is 0 Å². The summed E-state index contributed by atoms with van der Waals surface area (Å²) < 4.78 is 0. The standard InChI is InChI=1S/C20H25N3O2/c24-19-7-3-11-23(19)12-4-10-21-20(25)14-8-9-18-16(13-14)15-5-1-2-6-17(15)22-18/h8-9,13,22H,1-7,10-12H2,(H,21,25). The van der Waals surface area contributed by atoms with Crippen LogP contribution in [-0.2, 0) is 17.6 Å². The average Bonchev–Trinajstić information content (AvgIpc) is 3.21. The quantitative estimate of drug-likeness (QED) is 0.823. The second-order valence-electron chi connectivity index (χ2n) is 7.14. The minimum Gasteiger partial charge on any atom is -0.358 e. The molecule has 25 heavy (non-hydrogen) atoms. The minimum absolute atomic E-state index is 0.0274. The molecule has 1 aliphatic heterocycles. The van der Waals surface area contributed by atoms with Crippen LogP contribution in [0.4, 0.5) is 0 Å². The van der Waals surface area contributed by atoms with Gasteiger partial charge in [-0.2, -0.15) is 0 Å². The van der Waals surface area contributed by atoms with Gasteiger partial charge >= 0.3 is 0 Å². The molecule has 0 radical (unpaired) electrons. The number of amides is 2. The van der Waals surface area contributed by atoms with Gasteiger partial charge in [0.15, 0.2) is 0 Å². The van der Waals surface area contributed by atoms with E-state index in [0.717, 1.165) is 49.9 Å². The van der Waals surface area contributed by atoms with Gasteiger partial charge in [-0.05, 0) is 62.3 Å². The Hall–Kier alpha value is -2.30. The van der Waals surface area contributed by atoms with Gasteiger partial charge in [-0.1, -0.05) is 0 Å². The molecule has 1 fully saturated rings. The summed E-state index contributed by atoms with van der Waals surface area (Å²) in [5.74, 6) is 0.217. The molecule has 1 aromatic carbocycles. The molecule has 4 rings (SSSR count). The summed E-state index contributed by atoms with van der Waals surface area (Å²) in [7, 11) is 0. The SMILES string of the molecule is O=C(NCCCN1CCCC1=O)c1ccc2[nH]c3c(c2c1)CCCC3. The molecule has 0 atom stereocenters. The van der Waals surface area contributed by atoms with Crippen molar-refractivity contribution in [1.82, 2.24) is 15.2 Å². The highest BCUT2D eigenvalue weighted by Gasteiger charge is 2.19. The first-order chi connectivity index (χ1) is 12.2. The normalized spacial score (nSPS) is 17.1. The summed E-state index contributed by atoms with van der Waals surface area (Å²) in [5.41, 5.74) is 4.59. The zero-order valence-electron chi connectivity index (χ0n) is 14.6. The van der Waals surface area contributed by atoms with Crippen LogP contribution in [0.1, 0.15) is 53.7 Å². The molecule has 2 amide bonds. The van der Waals surface area contributed by atoms with Crippen molar-refractivity contribution in [2.45, 2.75) is 44.9 Å². The lowest BCUT2D eigenvalue weighted by molar-refractivity contribution is -0.127. The predicted molar refractivity (Wildman–Crippen MR) is 97.7 cm³/mol. The van der Waals surface area contributed by atoms with Gasteiger partial charge in [-0.15, -0.1) is 0 Å². The fraction of sp³-hybridized carbons (Fsp3) is 0.500. The first kappa shape index (κ1) is 16.2.